The molecule has 0 amide bonds. The molecule has 0 N–H and O–H groups in total. The third-order valence-corrected chi connectivity index (χ3v) is 2.83. The smallest absolute Gasteiger partial charge is 0.213 e. The third-order valence-electron chi connectivity index (χ3n) is 2.83. The Hall–Kier alpha value is -1.38. The van der Waals surface area contributed by atoms with Crippen molar-refractivity contribution < 1.29 is 4.74 Å². The summed E-state index contributed by atoms with van der Waals surface area (Å²) in [5.41, 5.74) is 2.35. The minimum Gasteiger partial charge on any atom is -0.478 e. The van der Waals surface area contributed by atoms with Crippen molar-refractivity contribution in [3.05, 3.63) is 23.9 Å². The van der Waals surface area contributed by atoms with E-state index in [1.165, 1.54) is 12.1 Å². The molecule has 16 heavy (non-hydrogen) atoms. The summed E-state index contributed by atoms with van der Waals surface area (Å²) in [7, 11) is 0. The Morgan fingerprint density at radius 3 is 3.06 bits per heavy atom. The van der Waals surface area contributed by atoms with Crippen LogP contribution >= 0.6 is 0 Å². The first-order chi connectivity index (χ1) is 7.79. The fraction of sp³-hybridized carbons (Fsp3) is 0.538. The van der Waals surface area contributed by atoms with E-state index in [1.807, 2.05) is 19.1 Å². The van der Waals surface area contributed by atoms with Crippen LogP contribution in [-0.4, -0.2) is 23.8 Å². The van der Waals surface area contributed by atoms with Crippen LogP contribution in [0.1, 0.15) is 32.3 Å². The monoisotopic (exact) mass is 218 g/mol. The molecule has 1 aromatic heterocycles. The molecular formula is C13H18N2O. The van der Waals surface area contributed by atoms with Gasteiger partial charge in [-0.3, -0.25) is 4.99 Å². The third kappa shape index (κ3) is 2.60. The molecule has 0 spiro atoms. The Morgan fingerprint density at radius 1 is 1.50 bits per heavy atom. The summed E-state index contributed by atoms with van der Waals surface area (Å²) >= 11 is 0. The number of hydrogen-bond acceptors (Lipinski definition) is 3. The minimum absolute atomic E-state index is 0.653. The fourth-order valence-corrected chi connectivity index (χ4v) is 1.87. The predicted molar refractivity (Wildman–Crippen MR) is 65.2 cm³/mol. The molecule has 1 aliphatic heterocycles. The second-order valence-electron chi connectivity index (χ2n) is 4.25. The van der Waals surface area contributed by atoms with Gasteiger partial charge >= 0.3 is 0 Å². The van der Waals surface area contributed by atoms with E-state index in [0.717, 1.165) is 24.4 Å². The molecule has 0 bridgehead atoms. The maximum absolute atomic E-state index is 5.39. The zero-order valence-corrected chi connectivity index (χ0v) is 9.94. The van der Waals surface area contributed by atoms with Crippen LogP contribution in [0.5, 0.6) is 5.88 Å². The van der Waals surface area contributed by atoms with Crippen LogP contribution < -0.4 is 4.74 Å². The van der Waals surface area contributed by atoms with Gasteiger partial charge in [-0.05, 0) is 31.7 Å². The number of aromatic nitrogens is 1. The highest BCUT2D eigenvalue weighted by atomic mass is 16.5. The van der Waals surface area contributed by atoms with Gasteiger partial charge in [-0.15, -0.1) is 0 Å². The molecule has 0 fully saturated rings. The first-order valence-corrected chi connectivity index (χ1v) is 5.92. The fourth-order valence-electron chi connectivity index (χ4n) is 1.87. The Kier molecular flexibility index (Phi) is 3.54. The van der Waals surface area contributed by atoms with Gasteiger partial charge in [0.05, 0.1) is 6.61 Å². The van der Waals surface area contributed by atoms with Crippen LogP contribution in [0.15, 0.2) is 23.3 Å². The second kappa shape index (κ2) is 5.10. The Bertz CT molecular complexity index is 387. The van der Waals surface area contributed by atoms with Crippen molar-refractivity contribution in [1.29, 1.82) is 0 Å². The van der Waals surface area contributed by atoms with Gasteiger partial charge in [0.15, 0.2) is 0 Å². The number of pyridine rings is 1. The Labute approximate surface area is 96.6 Å². The molecule has 86 valence electrons. The van der Waals surface area contributed by atoms with Gasteiger partial charge in [0.2, 0.25) is 5.88 Å². The first-order valence-electron chi connectivity index (χ1n) is 5.92. The van der Waals surface area contributed by atoms with Gasteiger partial charge in [0.25, 0.3) is 0 Å². The summed E-state index contributed by atoms with van der Waals surface area (Å²) in [5, 5.41) is 0. The van der Waals surface area contributed by atoms with Gasteiger partial charge in [-0.25, -0.2) is 4.98 Å². The van der Waals surface area contributed by atoms with Gasteiger partial charge in [0.1, 0.15) is 0 Å². The van der Waals surface area contributed by atoms with Gasteiger partial charge in [-0.2, -0.15) is 0 Å². The molecule has 2 heterocycles. The second-order valence-corrected chi connectivity index (χ2v) is 4.25. The Balaban J connectivity index is 2.17. The van der Waals surface area contributed by atoms with Gasteiger partial charge in [-0.1, -0.05) is 6.92 Å². The lowest BCUT2D eigenvalue weighted by Gasteiger charge is -2.17. The average molecular weight is 218 g/mol. The molecule has 2 rings (SSSR count). The highest BCUT2D eigenvalue weighted by molar-refractivity contribution is 6.01. The summed E-state index contributed by atoms with van der Waals surface area (Å²) in [4.78, 5) is 8.78. The van der Waals surface area contributed by atoms with E-state index >= 15 is 0 Å². The quantitative estimate of drug-likeness (QED) is 0.781. The molecule has 0 radical (unpaired) electrons. The summed E-state index contributed by atoms with van der Waals surface area (Å²) in [5.74, 6) is 1.42. The summed E-state index contributed by atoms with van der Waals surface area (Å²) < 4.78 is 5.39. The lowest BCUT2D eigenvalue weighted by molar-refractivity contribution is 0.327. The largest absolute Gasteiger partial charge is 0.478 e. The molecule has 1 atom stereocenters. The zero-order valence-electron chi connectivity index (χ0n) is 9.94. The predicted octanol–water partition coefficient (Wildman–Crippen LogP) is 2.70. The van der Waals surface area contributed by atoms with Crippen LogP contribution in [0, 0.1) is 5.92 Å². The van der Waals surface area contributed by atoms with Crippen molar-refractivity contribution in [3.63, 3.8) is 0 Å². The van der Waals surface area contributed by atoms with E-state index < -0.39 is 0 Å². The molecule has 0 saturated carbocycles. The van der Waals surface area contributed by atoms with Crippen molar-refractivity contribution in [2.75, 3.05) is 13.2 Å². The van der Waals surface area contributed by atoms with Crippen LogP contribution in [0.25, 0.3) is 0 Å². The topological polar surface area (TPSA) is 34.5 Å². The van der Waals surface area contributed by atoms with E-state index in [-0.39, 0.29) is 0 Å². The average Bonchev–Trinajstić information content (AvgIpc) is 2.31. The standard InChI is InChI=1S/C13H18N2O/c1-3-16-13-8-11(6-7-14-13)12-5-4-10(2)9-15-12/h6-8,10H,3-5,9H2,1-2H3. The van der Waals surface area contributed by atoms with E-state index in [2.05, 4.69) is 16.9 Å². The van der Waals surface area contributed by atoms with E-state index in [1.54, 1.807) is 6.20 Å². The van der Waals surface area contributed by atoms with E-state index in [4.69, 9.17) is 4.74 Å². The normalized spacial score (nSPS) is 20.4. The Morgan fingerprint density at radius 2 is 2.38 bits per heavy atom. The zero-order chi connectivity index (χ0) is 11.4. The summed E-state index contributed by atoms with van der Waals surface area (Å²) in [6.45, 7) is 5.81. The van der Waals surface area contributed by atoms with Crippen molar-refractivity contribution in [1.82, 2.24) is 4.98 Å². The molecule has 0 saturated heterocycles. The molecule has 3 heteroatoms. The number of ether oxygens (including phenoxy) is 1. The van der Waals surface area contributed by atoms with Crippen molar-refractivity contribution in [2.24, 2.45) is 10.9 Å². The number of aliphatic imine (C=N–C) groups is 1. The van der Waals surface area contributed by atoms with Gasteiger partial charge < -0.3 is 4.74 Å². The molecule has 3 nitrogen and oxygen atoms in total. The van der Waals surface area contributed by atoms with Crippen LogP contribution in [0.3, 0.4) is 0 Å². The first kappa shape index (κ1) is 11.1. The molecule has 1 aliphatic rings. The maximum atomic E-state index is 5.39. The molecule has 0 aliphatic carbocycles. The van der Waals surface area contributed by atoms with Crippen LogP contribution in [0.4, 0.5) is 0 Å². The maximum Gasteiger partial charge on any atom is 0.213 e. The minimum atomic E-state index is 0.653. The van der Waals surface area contributed by atoms with Gasteiger partial charge in [0, 0.05) is 30.1 Å². The number of hydrogen-bond donors (Lipinski definition) is 0. The van der Waals surface area contributed by atoms with Crippen LogP contribution in [0.2, 0.25) is 0 Å². The highest BCUT2D eigenvalue weighted by Gasteiger charge is 2.13. The summed E-state index contributed by atoms with van der Waals surface area (Å²) in [6.07, 6.45) is 4.09. The highest BCUT2D eigenvalue weighted by Crippen LogP contribution is 2.19. The molecule has 1 aromatic rings. The van der Waals surface area contributed by atoms with E-state index in [0.29, 0.717) is 12.5 Å². The van der Waals surface area contributed by atoms with Crippen molar-refractivity contribution >= 4 is 5.71 Å². The SMILES string of the molecule is CCOc1cc(C2=NCC(C)CC2)ccn1. The molecule has 0 aromatic carbocycles. The van der Waals surface area contributed by atoms with Crippen molar-refractivity contribution in [3.8, 4) is 5.88 Å². The number of rotatable bonds is 3. The molecule has 1 unspecified atom stereocenters. The lowest BCUT2D eigenvalue weighted by atomic mass is 9.96. The lowest BCUT2D eigenvalue weighted by Crippen LogP contribution is -2.14. The number of nitrogens with zero attached hydrogens (tertiary/aromatic N) is 2. The van der Waals surface area contributed by atoms with E-state index in [9.17, 15) is 0 Å². The molecular weight excluding hydrogens is 200 g/mol. The van der Waals surface area contributed by atoms with Crippen LogP contribution in [-0.2, 0) is 0 Å². The van der Waals surface area contributed by atoms with Crippen molar-refractivity contribution in [2.45, 2.75) is 26.7 Å². The summed E-state index contributed by atoms with van der Waals surface area (Å²) in [6, 6.07) is 4.00.